The van der Waals surface area contributed by atoms with Crippen LogP contribution in [-0.2, 0) is 11.2 Å². The minimum absolute atomic E-state index is 0.0193. The van der Waals surface area contributed by atoms with Gasteiger partial charge in [0.2, 0.25) is 5.24 Å². The van der Waals surface area contributed by atoms with E-state index in [0.29, 0.717) is 11.5 Å². The minimum Gasteiger partial charge on any atom is -0.309 e. The Bertz CT molecular complexity index is 527. The summed E-state index contributed by atoms with van der Waals surface area (Å²) in [5.74, 6) is 0.300. The average molecular weight is 282 g/mol. The molecule has 0 radical (unpaired) electrons. The van der Waals surface area contributed by atoms with Gasteiger partial charge < -0.3 is 4.57 Å². The molecule has 1 aliphatic rings. The van der Waals surface area contributed by atoms with Crippen molar-refractivity contribution in [3.05, 3.63) is 33.7 Å². The molecule has 0 unspecified atom stereocenters. The molecule has 0 amide bonds. The Morgan fingerprint density at radius 2 is 2.00 bits per heavy atom. The number of nitrogens with zero attached hydrogens (tertiary/aromatic N) is 1. The van der Waals surface area contributed by atoms with E-state index in [4.69, 9.17) is 11.6 Å². The first-order valence-corrected chi connectivity index (χ1v) is 7.31. The first kappa shape index (κ1) is 14.3. The Morgan fingerprint density at radius 3 is 2.53 bits per heavy atom. The van der Waals surface area contributed by atoms with Crippen LogP contribution in [0.2, 0.25) is 0 Å². The molecule has 3 nitrogen and oxygen atoms in total. The minimum atomic E-state index is -0.479. The normalized spacial score (nSPS) is 16.2. The third-order valence-electron chi connectivity index (χ3n) is 3.84. The van der Waals surface area contributed by atoms with Gasteiger partial charge in [-0.1, -0.05) is 32.8 Å². The molecule has 0 saturated heterocycles. The highest BCUT2D eigenvalue weighted by molar-refractivity contribution is 6.63. The van der Waals surface area contributed by atoms with Gasteiger partial charge in [-0.2, -0.15) is 0 Å². The van der Waals surface area contributed by atoms with Crippen LogP contribution in [0.5, 0.6) is 0 Å². The fourth-order valence-corrected chi connectivity index (χ4v) is 3.05. The number of hydrogen-bond acceptors (Lipinski definition) is 2. The quantitative estimate of drug-likeness (QED) is 0.794. The van der Waals surface area contributed by atoms with E-state index in [1.807, 2.05) is 10.6 Å². The van der Waals surface area contributed by atoms with E-state index in [9.17, 15) is 9.59 Å². The molecule has 1 aromatic heterocycles. The third kappa shape index (κ3) is 3.08. The predicted octanol–water partition coefficient (Wildman–Crippen LogP) is 3.39. The molecule has 2 rings (SSSR count). The second-order valence-corrected chi connectivity index (χ2v) is 6.01. The average Bonchev–Trinajstić information content (AvgIpc) is 2.83. The Morgan fingerprint density at radius 1 is 1.37 bits per heavy atom. The van der Waals surface area contributed by atoms with Crippen molar-refractivity contribution in [1.82, 2.24) is 4.57 Å². The van der Waals surface area contributed by atoms with Crippen LogP contribution < -0.4 is 5.56 Å². The zero-order valence-corrected chi connectivity index (χ0v) is 12.2. The SMILES string of the molecule is CC(C)c1ccc(CC(=O)Cl)c(=O)n1C1CCCC1. The smallest absolute Gasteiger partial charge is 0.254 e. The summed E-state index contributed by atoms with van der Waals surface area (Å²) in [6.07, 6.45) is 4.47. The first-order chi connectivity index (χ1) is 9.00. The molecule has 1 aliphatic carbocycles. The largest absolute Gasteiger partial charge is 0.309 e. The highest BCUT2D eigenvalue weighted by Crippen LogP contribution is 2.31. The molecule has 1 saturated carbocycles. The number of rotatable bonds is 4. The Kier molecular flexibility index (Phi) is 4.46. The lowest BCUT2D eigenvalue weighted by Crippen LogP contribution is -2.30. The van der Waals surface area contributed by atoms with Crippen LogP contribution in [0, 0.1) is 0 Å². The van der Waals surface area contributed by atoms with Crippen LogP contribution in [-0.4, -0.2) is 9.81 Å². The molecule has 0 spiro atoms. The molecule has 1 fully saturated rings. The van der Waals surface area contributed by atoms with Crippen LogP contribution in [0.1, 0.15) is 62.7 Å². The molecule has 1 aromatic rings. The summed E-state index contributed by atoms with van der Waals surface area (Å²) in [6, 6.07) is 4.01. The van der Waals surface area contributed by atoms with E-state index in [0.717, 1.165) is 18.5 Å². The van der Waals surface area contributed by atoms with Crippen molar-refractivity contribution in [3.63, 3.8) is 0 Å². The molecule has 1 heterocycles. The molecular weight excluding hydrogens is 262 g/mol. The first-order valence-electron chi connectivity index (χ1n) is 6.93. The van der Waals surface area contributed by atoms with Gasteiger partial charge in [-0.25, -0.2) is 0 Å². The van der Waals surface area contributed by atoms with Crippen molar-refractivity contribution in [2.75, 3.05) is 0 Å². The highest BCUT2D eigenvalue weighted by atomic mass is 35.5. The van der Waals surface area contributed by atoms with Gasteiger partial charge in [0.15, 0.2) is 0 Å². The zero-order valence-electron chi connectivity index (χ0n) is 11.5. The Hall–Kier alpha value is -1.09. The van der Waals surface area contributed by atoms with E-state index >= 15 is 0 Å². The molecule has 19 heavy (non-hydrogen) atoms. The van der Waals surface area contributed by atoms with Crippen molar-refractivity contribution in [2.24, 2.45) is 0 Å². The lowest BCUT2D eigenvalue weighted by atomic mass is 10.0. The van der Waals surface area contributed by atoms with Crippen molar-refractivity contribution in [2.45, 2.75) is 57.9 Å². The van der Waals surface area contributed by atoms with Gasteiger partial charge in [-0.15, -0.1) is 0 Å². The summed E-state index contributed by atoms with van der Waals surface area (Å²) in [6.45, 7) is 4.18. The highest BCUT2D eigenvalue weighted by Gasteiger charge is 2.23. The van der Waals surface area contributed by atoms with Gasteiger partial charge in [-0.05, 0) is 36.4 Å². The van der Waals surface area contributed by atoms with Crippen LogP contribution in [0.3, 0.4) is 0 Å². The molecule has 104 valence electrons. The van der Waals surface area contributed by atoms with Crippen molar-refractivity contribution in [1.29, 1.82) is 0 Å². The van der Waals surface area contributed by atoms with Gasteiger partial charge in [-0.3, -0.25) is 9.59 Å². The maximum atomic E-state index is 12.6. The Labute approximate surface area is 118 Å². The number of carbonyl (C=O) groups excluding carboxylic acids is 1. The van der Waals surface area contributed by atoms with E-state index in [1.54, 1.807) is 6.07 Å². The lowest BCUT2D eigenvalue weighted by molar-refractivity contribution is -0.111. The number of hydrogen-bond donors (Lipinski definition) is 0. The third-order valence-corrected chi connectivity index (χ3v) is 3.97. The second kappa shape index (κ2) is 5.91. The molecule has 4 heteroatoms. The summed E-state index contributed by atoms with van der Waals surface area (Å²) in [4.78, 5) is 23.6. The van der Waals surface area contributed by atoms with Crippen molar-refractivity contribution in [3.8, 4) is 0 Å². The fourth-order valence-electron chi connectivity index (χ4n) is 2.90. The maximum absolute atomic E-state index is 12.6. The Balaban J connectivity index is 2.50. The van der Waals surface area contributed by atoms with E-state index in [2.05, 4.69) is 13.8 Å². The van der Waals surface area contributed by atoms with Crippen molar-refractivity contribution < 1.29 is 4.79 Å². The molecule has 0 atom stereocenters. The van der Waals surface area contributed by atoms with Crippen molar-refractivity contribution >= 4 is 16.8 Å². The van der Waals surface area contributed by atoms with Crippen LogP contribution >= 0.6 is 11.6 Å². The zero-order chi connectivity index (χ0) is 14.0. The summed E-state index contributed by atoms with van der Waals surface area (Å²) in [5, 5.41) is -0.479. The summed E-state index contributed by atoms with van der Waals surface area (Å²) in [7, 11) is 0. The predicted molar refractivity (Wildman–Crippen MR) is 76.9 cm³/mol. The van der Waals surface area contributed by atoms with Gasteiger partial charge >= 0.3 is 0 Å². The van der Waals surface area contributed by atoms with E-state index in [-0.39, 0.29) is 18.0 Å². The molecule has 0 aliphatic heterocycles. The number of halogens is 1. The molecule has 0 aromatic carbocycles. The van der Waals surface area contributed by atoms with E-state index in [1.165, 1.54) is 12.8 Å². The number of pyridine rings is 1. The molecular formula is C15H20ClNO2. The van der Waals surface area contributed by atoms with Crippen LogP contribution in [0.25, 0.3) is 0 Å². The topological polar surface area (TPSA) is 39.1 Å². The number of aromatic nitrogens is 1. The molecule has 0 bridgehead atoms. The summed E-state index contributed by atoms with van der Waals surface area (Å²) in [5.41, 5.74) is 1.53. The summed E-state index contributed by atoms with van der Waals surface area (Å²) < 4.78 is 1.91. The monoisotopic (exact) mass is 281 g/mol. The van der Waals surface area contributed by atoms with Gasteiger partial charge in [0.25, 0.3) is 5.56 Å². The fraction of sp³-hybridized carbons (Fsp3) is 0.600. The van der Waals surface area contributed by atoms with Crippen LogP contribution in [0.4, 0.5) is 0 Å². The summed E-state index contributed by atoms with van der Waals surface area (Å²) >= 11 is 5.41. The van der Waals surface area contributed by atoms with Gasteiger partial charge in [0.05, 0.1) is 6.42 Å². The second-order valence-electron chi connectivity index (χ2n) is 5.58. The standard InChI is InChI=1S/C15H20ClNO2/c1-10(2)13-8-7-11(9-14(16)18)15(19)17(13)12-5-3-4-6-12/h7-8,10,12H,3-6,9H2,1-2H3. The van der Waals surface area contributed by atoms with Gasteiger partial charge in [0, 0.05) is 17.3 Å². The van der Waals surface area contributed by atoms with Gasteiger partial charge in [0.1, 0.15) is 0 Å². The molecule has 0 N–H and O–H groups in total. The number of carbonyl (C=O) groups is 1. The van der Waals surface area contributed by atoms with E-state index < -0.39 is 5.24 Å². The lowest BCUT2D eigenvalue weighted by Gasteiger charge is -2.22. The van der Waals surface area contributed by atoms with Crippen LogP contribution in [0.15, 0.2) is 16.9 Å². The maximum Gasteiger partial charge on any atom is 0.254 e.